The molecule has 1 aromatic carbocycles. The molecular weight excluding hydrogens is 198 g/mol. The second kappa shape index (κ2) is 4.63. The van der Waals surface area contributed by atoms with Gasteiger partial charge in [0.05, 0.1) is 5.69 Å². The number of rotatable bonds is 4. The Balaban J connectivity index is 2.79. The van der Waals surface area contributed by atoms with E-state index in [-0.39, 0.29) is 6.42 Å². The monoisotopic (exact) mass is 211 g/mol. The van der Waals surface area contributed by atoms with Crippen molar-refractivity contribution in [1.82, 2.24) is 0 Å². The highest BCUT2D eigenvalue weighted by Crippen LogP contribution is 2.21. The Labute approximate surface area is 86.6 Å². The summed E-state index contributed by atoms with van der Waals surface area (Å²) >= 11 is 0. The summed E-state index contributed by atoms with van der Waals surface area (Å²) in [5, 5.41) is 8.61. The predicted octanol–water partition coefficient (Wildman–Crippen LogP) is -0.524. The van der Waals surface area contributed by atoms with Crippen molar-refractivity contribution in [3.63, 3.8) is 0 Å². The van der Waals surface area contributed by atoms with Gasteiger partial charge in [-0.05, 0) is 24.1 Å². The molecule has 0 fully saturated rings. The van der Waals surface area contributed by atoms with Crippen LogP contribution in [-0.4, -0.2) is 17.1 Å². The fraction of sp³-hybridized carbons (Fsp3) is 0.222. The van der Waals surface area contributed by atoms with Crippen molar-refractivity contribution in [2.24, 2.45) is 11.6 Å². The van der Waals surface area contributed by atoms with Crippen molar-refractivity contribution in [3.05, 3.63) is 23.8 Å². The van der Waals surface area contributed by atoms with Gasteiger partial charge in [-0.15, -0.1) is 0 Å². The average Bonchev–Trinajstić information content (AvgIpc) is 2.18. The lowest BCUT2D eigenvalue weighted by atomic mass is 10.1. The molecule has 0 aliphatic rings. The number of nitrogen functional groups attached to an aromatic ring is 1. The highest BCUT2D eigenvalue weighted by atomic mass is 16.6. The van der Waals surface area contributed by atoms with Gasteiger partial charge in [-0.2, -0.15) is 5.90 Å². The van der Waals surface area contributed by atoms with Gasteiger partial charge in [0.15, 0.2) is 5.75 Å². The molecule has 1 aromatic rings. The van der Waals surface area contributed by atoms with E-state index in [1.165, 1.54) is 0 Å². The van der Waals surface area contributed by atoms with Crippen LogP contribution >= 0.6 is 0 Å². The minimum Gasteiger partial charge on any atom is -0.480 e. The molecule has 0 unspecified atom stereocenters. The van der Waals surface area contributed by atoms with E-state index in [9.17, 15) is 4.79 Å². The average molecular weight is 211 g/mol. The summed E-state index contributed by atoms with van der Waals surface area (Å²) in [4.78, 5) is 15.0. The van der Waals surface area contributed by atoms with Gasteiger partial charge in [-0.3, -0.25) is 4.79 Å². The van der Waals surface area contributed by atoms with Crippen LogP contribution in [0.5, 0.6) is 5.75 Å². The summed E-state index contributed by atoms with van der Waals surface area (Å²) in [7, 11) is 0. The summed E-state index contributed by atoms with van der Waals surface area (Å²) in [5.41, 5.74) is 12.0. The first-order valence-electron chi connectivity index (χ1n) is 4.28. The SMILES string of the molecule is NOc1ccc(C[C@H](N)C(=O)O)cc1N. The second-order valence-corrected chi connectivity index (χ2v) is 3.14. The number of aliphatic carboxylic acids is 1. The molecule has 6 heteroatoms. The van der Waals surface area contributed by atoms with Crippen molar-refractivity contribution in [3.8, 4) is 5.75 Å². The third-order valence-corrected chi connectivity index (χ3v) is 1.97. The van der Waals surface area contributed by atoms with Gasteiger partial charge in [0.1, 0.15) is 6.04 Å². The normalized spacial score (nSPS) is 12.1. The zero-order chi connectivity index (χ0) is 11.4. The summed E-state index contributed by atoms with van der Waals surface area (Å²) < 4.78 is 0. The highest BCUT2D eigenvalue weighted by molar-refractivity contribution is 5.73. The molecule has 0 aliphatic carbocycles. The van der Waals surface area contributed by atoms with E-state index in [2.05, 4.69) is 4.84 Å². The largest absolute Gasteiger partial charge is 0.480 e. The summed E-state index contributed by atoms with van der Waals surface area (Å²) in [5.74, 6) is 4.25. The van der Waals surface area contributed by atoms with Gasteiger partial charge < -0.3 is 21.4 Å². The number of carbonyl (C=O) groups is 1. The Morgan fingerprint density at radius 3 is 2.67 bits per heavy atom. The van der Waals surface area contributed by atoms with Crippen LogP contribution in [0, 0.1) is 0 Å². The smallest absolute Gasteiger partial charge is 0.320 e. The quantitative estimate of drug-likeness (QED) is 0.392. The lowest BCUT2D eigenvalue weighted by Crippen LogP contribution is -2.32. The standard InChI is InChI=1S/C9H13N3O3/c10-6-3-5(1-2-8(6)15-12)4-7(11)9(13)14/h1-3,7H,4,10-12H2,(H,13,14)/t7-/m0/s1. The molecule has 1 atom stereocenters. The zero-order valence-corrected chi connectivity index (χ0v) is 8.01. The number of anilines is 1. The maximum Gasteiger partial charge on any atom is 0.320 e. The first-order chi connectivity index (χ1) is 7.04. The molecule has 0 bridgehead atoms. The van der Waals surface area contributed by atoms with Crippen LogP contribution in [0.1, 0.15) is 5.56 Å². The third kappa shape index (κ3) is 2.83. The fourth-order valence-electron chi connectivity index (χ4n) is 1.17. The minimum atomic E-state index is -1.05. The topological polar surface area (TPSA) is 125 Å². The van der Waals surface area contributed by atoms with Crippen molar-refractivity contribution < 1.29 is 14.7 Å². The molecule has 0 radical (unpaired) electrons. The van der Waals surface area contributed by atoms with Crippen molar-refractivity contribution in [1.29, 1.82) is 0 Å². The van der Waals surface area contributed by atoms with Crippen molar-refractivity contribution in [2.45, 2.75) is 12.5 Å². The van der Waals surface area contributed by atoms with Crippen LogP contribution in [-0.2, 0) is 11.2 Å². The number of hydrogen-bond donors (Lipinski definition) is 4. The van der Waals surface area contributed by atoms with E-state index >= 15 is 0 Å². The van der Waals surface area contributed by atoms with E-state index in [0.29, 0.717) is 11.4 Å². The van der Waals surface area contributed by atoms with E-state index in [1.807, 2.05) is 0 Å². The van der Waals surface area contributed by atoms with Crippen molar-refractivity contribution in [2.75, 3.05) is 5.73 Å². The zero-order valence-electron chi connectivity index (χ0n) is 8.01. The van der Waals surface area contributed by atoms with Crippen LogP contribution < -0.4 is 22.2 Å². The Kier molecular flexibility index (Phi) is 3.48. The van der Waals surface area contributed by atoms with E-state index in [4.69, 9.17) is 22.5 Å². The molecule has 0 aromatic heterocycles. The molecule has 0 spiro atoms. The number of hydrogen-bond acceptors (Lipinski definition) is 5. The van der Waals surface area contributed by atoms with Crippen LogP contribution in [0.2, 0.25) is 0 Å². The summed E-state index contributed by atoms with van der Waals surface area (Å²) in [6, 6.07) is 3.89. The molecule has 15 heavy (non-hydrogen) atoms. The highest BCUT2D eigenvalue weighted by Gasteiger charge is 2.12. The Bertz CT molecular complexity index is 368. The molecular formula is C9H13N3O3. The molecule has 1 rings (SSSR count). The molecule has 0 aliphatic heterocycles. The first kappa shape index (κ1) is 11.3. The molecule has 0 saturated carbocycles. The van der Waals surface area contributed by atoms with Gasteiger partial charge in [0, 0.05) is 0 Å². The van der Waals surface area contributed by atoms with Crippen molar-refractivity contribution >= 4 is 11.7 Å². The van der Waals surface area contributed by atoms with Crippen LogP contribution in [0.25, 0.3) is 0 Å². The molecule has 0 saturated heterocycles. The lowest BCUT2D eigenvalue weighted by molar-refractivity contribution is -0.138. The molecule has 6 nitrogen and oxygen atoms in total. The number of nitrogens with two attached hydrogens (primary N) is 3. The lowest BCUT2D eigenvalue weighted by Gasteiger charge is -2.08. The first-order valence-corrected chi connectivity index (χ1v) is 4.28. The maximum absolute atomic E-state index is 10.5. The third-order valence-electron chi connectivity index (χ3n) is 1.97. The van der Waals surface area contributed by atoms with Crippen LogP contribution in [0.3, 0.4) is 0 Å². The fourth-order valence-corrected chi connectivity index (χ4v) is 1.17. The van der Waals surface area contributed by atoms with Crippen LogP contribution in [0.4, 0.5) is 5.69 Å². The van der Waals surface area contributed by atoms with Gasteiger partial charge in [-0.25, -0.2) is 0 Å². The number of carboxylic acids is 1. The van der Waals surface area contributed by atoms with Gasteiger partial charge in [0.25, 0.3) is 0 Å². The van der Waals surface area contributed by atoms with E-state index in [1.54, 1.807) is 18.2 Å². The Hall–Kier alpha value is -1.79. The van der Waals surface area contributed by atoms with Gasteiger partial charge in [0.2, 0.25) is 0 Å². The van der Waals surface area contributed by atoms with Gasteiger partial charge in [-0.1, -0.05) is 6.07 Å². The predicted molar refractivity (Wildman–Crippen MR) is 55.0 cm³/mol. The molecule has 82 valence electrons. The molecule has 0 amide bonds. The summed E-state index contributed by atoms with van der Waals surface area (Å²) in [6.45, 7) is 0. The minimum absolute atomic E-state index is 0.213. The molecule has 0 heterocycles. The van der Waals surface area contributed by atoms with Gasteiger partial charge >= 0.3 is 5.97 Å². The Morgan fingerprint density at radius 2 is 2.20 bits per heavy atom. The van der Waals surface area contributed by atoms with E-state index < -0.39 is 12.0 Å². The second-order valence-electron chi connectivity index (χ2n) is 3.14. The number of benzene rings is 1. The molecule has 7 N–H and O–H groups in total. The van der Waals surface area contributed by atoms with E-state index in [0.717, 1.165) is 5.56 Å². The summed E-state index contributed by atoms with van der Waals surface area (Å²) in [6.07, 6.45) is 0.213. The van der Waals surface area contributed by atoms with Crippen LogP contribution in [0.15, 0.2) is 18.2 Å². The Morgan fingerprint density at radius 1 is 1.53 bits per heavy atom. The number of carboxylic acid groups (broad SMARTS) is 1. The maximum atomic E-state index is 10.5.